The van der Waals surface area contributed by atoms with Crippen LogP contribution >= 0.6 is 97.0 Å². The Kier molecular flexibility index (Phi) is 50.0. The molecule has 0 amide bonds. The van der Waals surface area contributed by atoms with Gasteiger partial charge in [-0.25, -0.2) is 0 Å². The van der Waals surface area contributed by atoms with E-state index in [1.54, 1.807) is 41.5 Å². The minimum atomic E-state index is -2.39. The molecule has 0 unspecified atom stereocenters. The highest BCUT2D eigenvalue weighted by molar-refractivity contribution is 9.20. The average molecular weight is 1170 g/mol. The molecule has 0 fully saturated rings. The number of ether oxygens (including phenoxy) is 2. The van der Waals surface area contributed by atoms with E-state index in [0.29, 0.717) is 19.8 Å². The minimum Gasteiger partial charge on any atom is -0.465 e. The summed E-state index contributed by atoms with van der Waals surface area (Å²) in [5, 5.41) is 8.53. The molecule has 0 atom stereocenters. The molecule has 0 aliphatic carbocycles. The summed E-state index contributed by atoms with van der Waals surface area (Å²) in [6.45, 7) is 19.6. The molecule has 0 radical (unpaired) electrons. The standard InChI is InChI=1S/C15H28BrCl3O2Si.C15H27BrO2.C11H22O.C4H6Br2O/c1-15(2,16)14(20)21-12-10-8-6-4-3-5-7-9-11-13-22(17,18)19;1-4-5-6-7-8-9-10-11-12-13-18-14(17)15(2,3)16;1-2-3-4-5-6-7-8-9-10-11-12;1-4(2,6)3(5)7/h3-13H2,1-2H3;4H,1,5-13H2,2-3H3;2,12H,1,3-11H2;1-2H3. The van der Waals surface area contributed by atoms with Crippen molar-refractivity contribution in [2.45, 2.75) is 221 Å². The Bertz CT molecular complexity index is 1010. The summed E-state index contributed by atoms with van der Waals surface area (Å²) < 4.78 is 8.79. The fourth-order valence-corrected chi connectivity index (χ4v) is 6.98. The van der Waals surface area contributed by atoms with Crippen LogP contribution in [0.5, 0.6) is 0 Å². The minimum absolute atomic E-state index is 0.0278. The lowest BCUT2D eigenvalue weighted by molar-refractivity contribution is -0.146. The van der Waals surface area contributed by atoms with E-state index >= 15 is 0 Å². The summed E-state index contributed by atoms with van der Waals surface area (Å²) in [6, 6.07) is -1.61. The average Bonchev–Trinajstić information content (AvgIpc) is 3.13. The van der Waals surface area contributed by atoms with Gasteiger partial charge < -0.3 is 14.6 Å². The number of halogens is 7. The Hall–Kier alpha value is 1.06. The van der Waals surface area contributed by atoms with E-state index in [2.05, 4.69) is 76.9 Å². The third-order valence-electron chi connectivity index (χ3n) is 8.63. The smallest absolute Gasteiger partial charge is 0.341 e. The molecule has 0 aliphatic rings. The van der Waals surface area contributed by atoms with Crippen molar-refractivity contribution in [2.24, 2.45) is 0 Å². The lowest BCUT2D eigenvalue weighted by Crippen LogP contribution is -2.26. The Balaban J connectivity index is -0.000000366. The van der Waals surface area contributed by atoms with Crippen LogP contribution in [0, 0.1) is 0 Å². The van der Waals surface area contributed by atoms with Gasteiger partial charge in [0.2, 0.25) is 4.69 Å². The topological polar surface area (TPSA) is 89.9 Å². The van der Waals surface area contributed by atoms with Crippen molar-refractivity contribution < 1.29 is 29.0 Å². The Morgan fingerprint density at radius 1 is 0.508 bits per heavy atom. The number of carbonyl (C=O) groups excluding carboxylic acids is 3. The van der Waals surface area contributed by atoms with Gasteiger partial charge in [-0.05, 0) is 108 Å². The van der Waals surface area contributed by atoms with Crippen LogP contribution < -0.4 is 0 Å². The summed E-state index contributed by atoms with van der Waals surface area (Å²) in [5.74, 6) is -0.364. The van der Waals surface area contributed by atoms with Crippen molar-refractivity contribution in [1.82, 2.24) is 0 Å². The van der Waals surface area contributed by atoms with E-state index in [1.165, 1.54) is 109 Å². The Morgan fingerprint density at radius 2 is 0.763 bits per heavy atom. The van der Waals surface area contributed by atoms with Gasteiger partial charge in [0.15, 0.2) is 0 Å². The Morgan fingerprint density at radius 3 is 1.00 bits per heavy atom. The molecule has 0 aromatic rings. The fraction of sp³-hybridized carbons (Fsp3) is 0.844. The maximum Gasteiger partial charge on any atom is 0.341 e. The van der Waals surface area contributed by atoms with E-state index in [-0.39, 0.29) is 16.6 Å². The third-order valence-corrected chi connectivity index (χ3v) is 13.8. The summed E-state index contributed by atoms with van der Waals surface area (Å²) in [5.41, 5.74) is 0. The fourth-order valence-electron chi connectivity index (χ4n) is 4.90. The number of hydrogen-bond donors (Lipinski definition) is 1. The van der Waals surface area contributed by atoms with E-state index in [9.17, 15) is 14.4 Å². The van der Waals surface area contributed by atoms with Crippen LogP contribution in [0.2, 0.25) is 6.04 Å². The number of carbonyl (C=O) groups is 3. The molecule has 0 heterocycles. The van der Waals surface area contributed by atoms with Crippen LogP contribution in [-0.4, -0.2) is 60.5 Å². The highest BCUT2D eigenvalue weighted by Gasteiger charge is 2.26. The van der Waals surface area contributed by atoms with E-state index in [4.69, 9.17) is 47.8 Å². The van der Waals surface area contributed by atoms with Gasteiger partial charge >= 0.3 is 17.9 Å². The SMILES string of the molecule is C=CCCCCCCCCCO.C=CCCCCCCCCCOC(=O)C(C)(C)Br.CC(C)(Br)C(=O)Br.CC(C)(Br)C(=O)OCCCCCCCCCCC[Si](Cl)(Cl)Cl. The second-order valence-corrected chi connectivity index (χ2v) is 32.3. The zero-order chi connectivity index (χ0) is 46.1. The van der Waals surface area contributed by atoms with Crippen LogP contribution in [-0.2, 0) is 23.9 Å². The van der Waals surface area contributed by atoms with Gasteiger partial charge in [-0.3, -0.25) is 14.4 Å². The molecule has 0 bridgehead atoms. The molecule has 0 spiro atoms. The van der Waals surface area contributed by atoms with Crippen molar-refractivity contribution in [3.05, 3.63) is 25.3 Å². The first-order valence-electron chi connectivity index (χ1n) is 22.0. The number of allylic oxidation sites excluding steroid dienone is 2. The second kappa shape index (κ2) is 44.3. The number of rotatable bonds is 34. The van der Waals surface area contributed by atoms with Crippen molar-refractivity contribution >= 4 is 120 Å². The van der Waals surface area contributed by atoms with Crippen molar-refractivity contribution in [3.8, 4) is 0 Å². The monoisotopic (exact) mass is 1170 g/mol. The maximum atomic E-state index is 11.5. The van der Waals surface area contributed by atoms with Crippen LogP contribution in [0.15, 0.2) is 25.3 Å². The van der Waals surface area contributed by atoms with E-state index in [0.717, 1.165) is 57.4 Å². The van der Waals surface area contributed by atoms with Crippen molar-refractivity contribution in [1.29, 1.82) is 0 Å². The van der Waals surface area contributed by atoms with Crippen LogP contribution in [0.4, 0.5) is 0 Å². The zero-order valence-corrected chi connectivity index (χ0v) is 47.3. The summed E-state index contributed by atoms with van der Waals surface area (Å²) in [7, 11) is 0. The van der Waals surface area contributed by atoms with Gasteiger partial charge in [-0.15, -0.1) is 46.4 Å². The van der Waals surface area contributed by atoms with Gasteiger partial charge in [0.25, 0.3) is 0 Å². The van der Waals surface area contributed by atoms with Gasteiger partial charge in [-0.2, -0.15) is 0 Å². The number of aliphatic hydroxyl groups is 1. The summed E-state index contributed by atoms with van der Waals surface area (Å²) >= 11 is 30.0. The maximum absolute atomic E-state index is 11.5. The first kappa shape index (κ1) is 66.7. The third kappa shape index (κ3) is 61.2. The molecular weight excluding hydrogens is 1090 g/mol. The highest BCUT2D eigenvalue weighted by Crippen LogP contribution is 2.28. The Labute approximate surface area is 411 Å². The van der Waals surface area contributed by atoms with Crippen molar-refractivity contribution in [2.75, 3.05) is 19.8 Å². The molecule has 0 aromatic heterocycles. The van der Waals surface area contributed by atoms with Gasteiger partial charge in [0.05, 0.1) is 17.5 Å². The van der Waals surface area contributed by atoms with E-state index < -0.39 is 19.0 Å². The van der Waals surface area contributed by atoms with Crippen LogP contribution in [0.25, 0.3) is 0 Å². The molecule has 0 rings (SSSR count). The van der Waals surface area contributed by atoms with E-state index in [1.807, 2.05) is 12.2 Å². The molecule has 6 nitrogen and oxygen atoms in total. The molecule has 1 N–H and O–H groups in total. The van der Waals surface area contributed by atoms with Gasteiger partial charge in [-0.1, -0.05) is 176 Å². The van der Waals surface area contributed by atoms with Crippen LogP contribution in [0.1, 0.15) is 202 Å². The number of esters is 2. The second-order valence-electron chi connectivity index (χ2n) is 16.3. The molecule has 0 saturated carbocycles. The number of unbranched alkanes of at least 4 members (excludes halogenated alkanes) is 22. The first-order chi connectivity index (χ1) is 27.5. The zero-order valence-electron chi connectivity index (χ0n) is 37.7. The largest absolute Gasteiger partial charge is 0.465 e. The molecule has 0 aromatic carbocycles. The molecular formula is C45H83Br4Cl3O6Si. The first-order valence-corrected chi connectivity index (χ1v) is 30.4. The van der Waals surface area contributed by atoms with Crippen molar-refractivity contribution in [3.63, 3.8) is 0 Å². The van der Waals surface area contributed by atoms with Gasteiger partial charge in [0, 0.05) is 6.61 Å². The normalized spacial score (nSPS) is 11.5. The number of aliphatic hydroxyl groups excluding tert-OH is 1. The molecule has 59 heavy (non-hydrogen) atoms. The van der Waals surface area contributed by atoms with Crippen LogP contribution in [0.3, 0.4) is 0 Å². The molecule has 0 aliphatic heterocycles. The predicted molar refractivity (Wildman–Crippen MR) is 276 cm³/mol. The highest BCUT2D eigenvalue weighted by atomic mass is 79.9. The molecule has 352 valence electrons. The lowest BCUT2D eigenvalue weighted by atomic mass is 10.1. The molecule has 14 heteroatoms. The quantitative estimate of drug-likeness (QED) is 0.0131. The molecule has 0 saturated heterocycles. The van der Waals surface area contributed by atoms with Gasteiger partial charge in [0.1, 0.15) is 8.65 Å². The number of alkyl halides is 3. The summed E-state index contributed by atoms with van der Waals surface area (Å²) in [6.07, 6.45) is 34.0. The predicted octanol–water partition coefficient (Wildman–Crippen LogP) is 17.2. The number of hydrogen-bond acceptors (Lipinski definition) is 6. The lowest BCUT2D eigenvalue weighted by Gasteiger charge is -2.14. The summed E-state index contributed by atoms with van der Waals surface area (Å²) in [4.78, 5) is 33.3.